The maximum atomic E-state index is 12.8. The van der Waals surface area contributed by atoms with E-state index in [2.05, 4.69) is 0 Å². The molecule has 0 amide bonds. The molecule has 12 nitrogen and oxygen atoms in total. The number of carboxylic acids is 2. The van der Waals surface area contributed by atoms with Gasteiger partial charge in [-0.15, -0.1) is 0 Å². The van der Waals surface area contributed by atoms with Crippen LogP contribution in [0.15, 0.2) is 48.5 Å². The Hall–Kier alpha value is -3.84. The number of hydrogen-bond acceptors (Lipinski definition) is 10. The molecule has 1 aliphatic rings. The zero-order valence-corrected chi connectivity index (χ0v) is 25.7. The van der Waals surface area contributed by atoms with Crippen molar-refractivity contribution in [1.82, 2.24) is 0 Å². The van der Waals surface area contributed by atoms with E-state index in [1.165, 1.54) is 0 Å². The molecule has 3 rings (SSSR count). The van der Waals surface area contributed by atoms with Crippen molar-refractivity contribution in [3.63, 3.8) is 0 Å². The lowest BCUT2D eigenvalue weighted by atomic mass is 9.92. The molecule has 0 spiro atoms. The monoisotopic (exact) mass is 614 g/mol. The van der Waals surface area contributed by atoms with E-state index in [4.69, 9.17) is 37.5 Å². The standard InChI is InChI=1S/C26H32N2O6.C6H14N2O2/c1-25(2,3)34-22(29)21(27)13-8-14-26(28,23(30)31)24(32)33-15-20-18-11-6-4-9-16(18)17-10-5-7-12-19(17)20;7-4-2-1-3-5(8)6(9)10/h4-7,9-12,20-21H,8,13-15,27-28H2,1-3H3,(H,30,31);5H,1-4,7-8H2,(H,9,10)/t21?,26-;5-/m00/s1. The molecule has 242 valence electrons. The Kier molecular flexibility index (Phi) is 13.5. The molecule has 12 heteroatoms. The normalized spacial score (nSPS) is 15.0. The van der Waals surface area contributed by atoms with E-state index >= 15 is 0 Å². The fourth-order valence-electron chi connectivity index (χ4n) is 4.75. The molecule has 0 bridgehead atoms. The van der Waals surface area contributed by atoms with Crippen molar-refractivity contribution < 1.29 is 38.9 Å². The van der Waals surface area contributed by atoms with Gasteiger partial charge >= 0.3 is 23.9 Å². The number of unbranched alkanes of at least 4 members (excludes halogenated alkanes) is 1. The highest BCUT2D eigenvalue weighted by Gasteiger charge is 2.44. The van der Waals surface area contributed by atoms with Crippen LogP contribution in [0.3, 0.4) is 0 Å². The Morgan fingerprint density at radius 2 is 1.36 bits per heavy atom. The Morgan fingerprint density at radius 3 is 1.84 bits per heavy atom. The molecule has 2 aromatic carbocycles. The minimum Gasteiger partial charge on any atom is -0.480 e. The number of ether oxygens (including phenoxy) is 2. The van der Waals surface area contributed by atoms with Gasteiger partial charge in [-0.25, -0.2) is 9.59 Å². The van der Waals surface area contributed by atoms with Crippen molar-refractivity contribution in [2.75, 3.05) is 13.2 Å². The van der Waals surface area contributed by atoms with Crippen LogP contribution in [-0.4, -0.2) is 70.5 Å². The van der Waals surface area contributed by atoms with Gasteiger partial charge in [0.05, 0.1) is 0 Å². The van der Waals surface area contributed by atoms with E-state index in [9.17, 15) is 24.3 Å². The average molecular weight is 615 g/mol. The molecular weight excluding hydrogens is 568 g/mol. The number of benzene rings is 2. The molecule has 3 atom stereocenters. The van der Waals surface area contributed by atoms with Crippen molar-refractivity contribution in [2.45, 2.75) is 88.4 Å². The molecule has 0 saturated heterocycles. The molecule has 10 N–H and O–H groups in total. The molecule has 0 aliphatic heterocycles. The smallest absolute Gasteiger partial charge is 0.337 e. The number of nitrogens with two attached hydrogens (primary N) is 4. The fourth-order valence-corrected chi connectivity index (χ4v) is 4.75. The second-order valence-corrected chi connectivity index (χ2v) is 11.9. The van der Waals surface area contributed by atoms with Crippen molar-refractivity contribution in [2.24, 2.45) is 22.9 Å². The molecular formula is C32H46N4O8. The maximum Gasteiger partial charge on any atom is 0.337 e. The summed E-state index contributed by atoms with van der Waals surface area (Å²) in [6.45, 7) is 5.75. The van der Waals surface area contributed by atoms with Gasteiger partial charge in [0.2, 0.25) is 5.54 Å². The van der Waals surface area contributed by atoms with Crippen LogP contribution in [0.25, 0.3) is 11.1 Å². The van der Waals surface area contributed by atoms with Gasteiger partial charge in [0.1, 0.15) is 24.3 Å². The summed E-state index contributed by atoms with van der Waals surface area (Å²) < 4.78 is 10.7. The zero-order chi connectivity index (χ0) is 33.1. The predicted octanol–water partition coefficient (Wildman–Crippen LogP) is 2.49. The van der Waals surface area contributed by atoms with Gasteiger partial charge in [0.25, 0.3) is 0 Å². The van der Waals surface area contributed by atoms with Crippen LogP contribution in [0.1, 0.15) is 76.3 Å². The summed E-state index contributed by atoms with van der Waals surface area (Å²) >= 11 is 0. The Bertz CT molecular complexity index is 1250. The molecule has 0 fully saturated rings. The lowest BCUT2D eigenvalue weighted by Gasteiger charge is -2.25. The zero-order valence-electron chi connectivity index (χ0n) is 25.7. The van der Waals surface area contributed by atoms with Gasteiger partial charge in [-0.2, -0.15) is 0 Å². The number of rotatable bonds is 14. The summed E-state index contributed by atoms with van der Waals surface area (Å²) in [5.74, 6) is -4.25. The molecule has 0 radical (unpaired) electrons. The van der Waals surface area contributed by atoms with E-state index in [0.29, 0.717) is 13.0 Å². The number of fused-ring (bicyclic) bond motifs is 3. The summed E-state index contributed by atoms with van der Waals surface area (Å²) in [7, 11) is 0. The average Bonchev–Trinajstić information content (AvgIpc) is 3.28. The minimum absolute atomic E-state index is 0.0312. The first-order valence-electron chi connectivity index (χ1n) is 14.7. The van der Waals surface area contributed by atoms with Crippen LogP contribution in [0.2, 0.25) is 0 Å². The highest BCUT2D eigenvalue weighted by atomic mass is 16.6. The Labute approximate surface area is 258 Å². The van der Waals surface area contributed by atoms with Gasteiger partial charge < -0.3 is 42.6 Å². The first kappa shape index (κ1) is 36.4. The highest BCUT2D eigenvalue weighted by Crippen LogP contribution is 2.44. The quantitative estimate of drug-likeness (QED) is 0.102. The van der Waals surface area contributed by atoms with Gasteiger partial charge in [-0.05, 0) is 81.7 Å². The topological polar surface area (TPSA) is 231 Å². The molecule has 0 heterocycles. The summed E-state index contributed by atoms with van der Waals surface area (Å²) in [4.78, 5) is 46.9. The van der Waals surface area contributed by atoms with Crippen LogP contribution in [-0.2, 0) is 28.7 Å². The number of hydrogen-bond donors (Lipinski definition) is 6. The van der Waals surface area contributed by atoms with Crippen LogP contribution < -0.4 is 22.9 Å². The van der Waals surface area contributed by atoms with E-state index in [-0.39, 0.29) is 31.8 Å². The Morgan fingerprint density at radius 1 is 0.841 bits per heavy atom. The van der Waals surface area contributed by atoms with Crippen LogP contribution in [0.5, 0.6) is 0 Å². The fraction of sp³-hybridized carbons (Fsp3) is 0.500. The third kappa shape index (κ3) is 10.1. The van der Waals surface area contributed by atoms with E-state index in [1.54, 1.807) is 20.8 Å². The molecule has 1 aliphatic carbocycles. The Balaban J connectivity index is 0.000000580. The van der Waals surface area contributed by atoms with E-state index in [0.717, 1.165) is 35.1 Å². The van der Waals surface area contributed by atoms with E-state index in [1.807, 2.05) is 48.5 Å². The van der Waals surface area contributed by atoms with Crippen molar-refractivity contribution in [1.29, 1.82) is 0 Å². The molecule has 0 aromatic heterocycles. The van der Waals surface area contributed by atoms with Gasteiger partial charge in [-0.3, -0.25) is 9.59 Å². The summed E-state index contributed by atoms with van der Waals surface area (Å²) in [5, 5.41) is 18.0. The largest absolute Gasteiger partial charge is 0.480 e. The predicted molar refractivity (Wildman–Crippen MR) is 165 cm³/mol. The number of carbonyl (C=O) groups excluding carboxylic acids is 2. The molecule has 44 heavy (non-hydrogen) atoms. The first-order chi connectivity index (χ1) is 20.6. The third-order valence-corrected chi connectivity index (χ3v) is 7.17. The second kappa shape index (κ2) is 16.3. The minimum atomic E-state index is -2.24. The van der Waals surface area contributed by atoms with Crippen LogP contribution >= 0.6 is 0 Å². The van der Waals surface area contributed by atoms with Crippen molar-refractivity contribution in [3.05, 3.63) is 59.7 Å². The van der Waals surface area contributed by atoms with Gasteiger partial charge in [0, 0.05) is 5.92 Å². The molecule has 2 aromatic rings. The number of carboxylic acid groups (broad SMARTS) is 2. The third-order valence-electron chi connectivity index (χ3n) is 7.17. The summed E-state index contributed by atoms with van der Waals surface area (Å²) in [6.07, 6.45) is 2.19. The first-order valence-corrected chi connectivity index (χ1v) is 14.7. The van der Waals surface area contributed by atoms with Gasteiger partial charge in [-0.1, -0.05) is 55.0 Å². The van der Waals surface area contributed by atoms with Crippen LogP contribution in [0.4, 0.5) is 0 Å². The molecule has 0 saturated carbocycles. The van der Waals surface area contributed by atoms with Crippen molar-refractivity contribution >= 4 is 23.9 Å². The SMILES string of the molecule is CC(C)(C)OC(=O)C(N)CCC[C@](N)(C(=O)O)C(=O)OCC1c2ccccc2-c2ccccc21.NCCCC[C@H](N)C(=O)O. The van der Waals surface area contributed by atoms with E-state index < -0.39 is 47.1 Å². The highest BCUT2D eigenvalue weighted by molar-refractivity contribution is 6.03. The molecule has 1 unspecified atom stereocenters. The second-order valence-electron chi connectivity index (χ2n) is 11.9. The van der Waals surface area contributed by atoms with Crippen LogP contribution in [0, 0.1) is 0 Å². The number of aliphatic carboxylic acids is 2. The van der Waals surface area contributed by atoms with Gasteiger partial charge in [0.15, 0.2) is 0 Å². The maximum absolute atomic E-state index is 12.8. The lowest BCUT2D eigenvalue weighted by Crippen LogP contribution is -2.56. The van der Waals surface area contributed by atoms with Crippen molar-refractivity contribution in [3.8, 4) is 11.1 Å². The number of carbonyl (C=O) groups is 4. The lowest BCUT2D eigenvalue weighted by molar-refractivity contribution is -0.161. The summed E-state index contributed by atoms with van der Waals surface area (Å²) in [5.41, 5.74) is 23.5. The summed E-state index contributed by atoms with van der Waals surface area (Å²) in [6, 6.07) is 14.0. The number of esters is 2.